The fraction of sp³-hybridized carbons (Fsp3) is 0.301. The second-order valence-electron chi connectivity index (χ2n) is 31.3. The molecule has 12 heteroatoms. The van der Waals surface area contributed by atoms with Gasteiger partial charge in [0.25, 0.3) is 0 Å². The monoisotopic (exact) mass is 1700 g/mol. The molecule has 0 aliphatic rings. The van der Waals surface area contributed by atoms with Crippen LogP contribution in [-0.2, 0) is 31.1 Å². The van der Waals surface area contributed by atoms with Crippen molar-refractivity contribution < 1.29 is 61.3 Å². The van der Waals surface area contributed by atoms with Crippen LogP contribution in [0.25, 0.3) is 11.1 Å². The predicted octanol–water partition coefficient (Wildman–Crippen LogP) is 30.1. The van der Waals surface area contributed by atoms with Gasteiger partial charge in [-0.3, -0.25) is 0 Å². The van der Waals surface area contributed by atoms with E-state index in [0.29, 0.717) is 69.0 Å². The molecule has 13 aromatic rings. The van der Waals surface area contributed by atoms with Gasteiger partial charge in [0.1, 0.15) is 69.0 Å². The Morgan fingerprint density at radius 2 is 0.624 bits per heavy atom. The number of benzene rings is 13. The Kier molecular flexibility index (Phi) is 57.6. The van der Waals surface area contributed by atoms with Crippen LogP contribution in [0.4, 0.5) is 0 Å². The SMILES string of the molecule is CCC(C)(C)c1ccc(-c2ccc(O)cc2)cc1.CCCCCc1ccc(O)cc1.CCCCc1ccc(O)cc1.CCCc1ccc(O)cc1.CC[CH]CCC.CCc1ccc(O)cc1.Cc1ccc(C)c(O)c1.Cc1ccc(O)c(C)c1.Cc1ccc(O)cc1.Cc1ccc(O)cc1C.Cc1cccc(C)c1O.Cc1cccc(O)c1.Oc1ccccc1. The molecular formula is C113H147O12. The molecule has 0 amide bonds. The van der Waals surface area contributed by atoms with Crippen LogP contribution >= 0.6 is 0 Å². The maximum Gasteiger partial charge on any atom is 0.121 e. The lowest BCUT2D eigenvalue weighted by Gasteiger charge is -2.23. The Hall–Kier alpha value is -12.5. The first kappa shape index (κ1) is 110. The van der Waals surface area contributed by atoms with Gasteiger partial charge in [0.2, 0.25) is 0 Å². The minimum atomic E-state index is 0.230. The Bertz CT molecular complexity index is 4710. The number of aromatic hydroxyl groups is 12. The van der Waals surface area contributed by atoms with E-state index in [4.69, 9.17) is 51.1 Å². The molecule has 13 aromatic carbocycles. The first-order chi connectivity index (χ1) is 59.5. The summed E-state index contributed by atoms with van der Waals surface area (Å²) in [5.41, 5.74) is 19.7. The van der Waals surface area contributed by atoms with E-state index < -0.39 is 0 Å². The highest BCUT2D eigenvalue weighted by atomic mass is 16.3. The van der Waals surface area contributed by atoms with Crippen LogP contribution in [0.2, 0.25) is 0 Å². The fourth-order valence-corrected chi connectivity index (χ4v) is 11.0. The molecule has 0 aromatic heterocycles. The molecule has 671 valence electrons. The third-order valence-electron chi connectivity index (χ3n) is 19.6. The zero-order chi connectivity index (χ0) is 93.5. The van der Waals surface area contributed by atoms with Crippen LogP contribution in [0.3, 0.4) is 0 Å². The lowest BCUT2D eigenvalue weighted by Crippen LogP contribution is -2.14. The Labute approximate surface area is 750 Å². The van der Waals surface area contributed by atoms with E-state index in [2.05, 4.69) is 93.0 Å². The van der Waals surface area contributed by atoms with Crippen molar-refractivity contribution >= 4 is 0 Å². The first-order valence-corrected chi connectivity index (χ1v) is 43.7. The zero-order valence-electron chi connectivity index (χ0n) is 78.1. The number of unbranched alkanes of at least 4 members (excludes halogenated alkanes) is 6. The number of phenolic OH excluding ortho intramolecular Hbond substituents is 12. The summed E-state index contributed by atoms with van der Waals surface area (Å²) >= 11 is 0. The van der Waals surface area contributed by atoms with Gasteiger partial charge in [0.05, 0.1) is 0 Å². The van der Waals surface area contributed by atoms with Crippen LogP contribution in [0, 0.1) is 75.7 Å². The number of aryl methyl sites for hydroxylation is 14. The number of rotatable bonds is 16. The Morgan fingerprint density at radius 3 is 0.968 bits per heavy atom. The minimum Gasteiger partial charge on any atom is -0.508 e. The summed E-state index contributed by atoms with van der Waals surface area (Å²) in [5.74, 6) is 4.21. The summed E-state index contributed by atoms with van der Waals surface area (Å²) < 4.78 is 0. The van der Waals surface area contributed by atoms with Gasteiger partial charge in [-0.25, -0.2) is 0 Å². The average molecular weight is 1700 g/mol. The molecule has 0 saturated heterocycles. The molecule has 0 bridgehead atoms. The minimum absolute atomic E-state index is 0.230. The third kappa shape index (κ3) is 53.2. The molecule has 13 rings (SSSR count). The number of hydrogen-bond donors (Lipinski definition) is 12. The Morgan fingerprint density at radius 1 is 0.248 bits per heavy atom. The molecule has 12 N–H and O–H groups in total. The molecule has 0 aliphatic heterocycles. The van der Waals surface area contributed by atoms with E-state index in [1.165, 1.54) is 101 Å². The van der Waals surface area contributed by atoms with Crippen molar-refractivity contribution in [3.05, 3.63) is 387 Å². The molecule has 0 saturated carbocycles. The molecule has 125 heavy (non-hydrogen) atoms. The predicted molar refractivity (Wildman–Crippen MR) is 528 cm³/mol. The second-order valence-corrected chi connectivity index (χ2v) is 31.3. The van der Waals surface area contributed by atoms with Gasteiger partial charge >= 0.3 is 0 Å². The van der Waals surface area contributed by atoms with E-state index >= 15 is 0 Å². The second kappa shape index (κ2) is 65.2. The highest BCUT2D eigenvalue weighted by Crippen LogP contribution is 2.30. The standard InChI is InChI=1S/C17H20O.C11H16O.C10H14O.C9H12O.5C8H10O.2C7H8O.C6H6O.C6H13/c1-4-17(2,3)15-9-5-13(6-10-15)14-7-11-16(18)12-8-14;1-2-3-4-5-10-6-8-11(12)9-7-10;1-2-3-4-9-5-7-10(11)8-6-9;1-2-3-8-4-6-9(10)7-5-8;1-6-3-4-8(9)5-7(6)2;1-6-3-4-8(9)7(2)5-6;1-6-3-4-7(2)8(9)5-6;1-6-4-3-5-7(2)8(6)9;1-2-7-3-5-8(9)6-4-7;1-6-2-4-7(8)5-3-6;1-6-3-2-4-7(8)5-6;7-6-4-2-1-3-5-6;1-3-5-6-4-2/h5-12,18H,4H2,1-3H3;6-9,12H,2-5H2,1H3;5-8,11H,2-4H2,1H3;4-7,10H,2-3H2,1H3;4*3-5,9H,1-2H3;3-6,9H,2H2,1H3;2*2-5,8H,1H3;1-5,7H;5H,3-4,6H2,1-2H3. The van der Waals surface area contributed by atoms with Crippen molar-refractivity contribution in [3.8, 4) is 80.1 Å². The molecule has 0 aliphatic carbocycles. The van der Waals surface area contributed by atoms with Crippen molar-refractivity contribution in [2.24, 2.45) is 0 Å². The van der Waals surface area contributed by atoms with Crippen LogP contribution < -0.4 is 0 Å². The van der Waals surface area contributed by atoms with Gasteiger partial charge in [-0.1, -0.05) is 294 Å². The van der Waals surface area contributed by atoms with E-state index in [9.17, 15) is 10.2 Å². The van der Waals surface area contributed by atoms with Crippen molar-refractivity contribution in [3.63, 3.8) is 0 Å². The summed E-state index contributed by atoms with van der Waals surface area (Å²) in [7, 11) is 0. The normalized spacial score (nSPS) is 9.78. The van der Waals surface area contributed by atoms with Crippen LogP contribution in [0.5, 0.6) is 69.0 Å². The number of phenols is 12. The highest BCUT2D eigenvalue weighted by Gasteiger charge is 2.17. The van der Waals surface area contributed by atoms with Gasteiger partial charge in [0.15, 0.2) is 0 Å². The topological polar surface area (TPSA) is 243 Å². The molecule has 0 spiro atoms. The molecule has 0 unspecified atom stereocenters. The smallest absolute Gasteiger partial charge is 0.121 e. The van der Waals surface area contributed by atoms with Gasteiger partial charge in [0, 0.05) is 0 Å². The molecule has 1 radical (unpaired) electrons. The summed E-state index contributed by atoms with van der Waals surface area (Å²) in [5, 5.41) is 108. The third-order valence-corrected chi connectivity index (χ3v) is 19.6. The molecule has 0 heterocycles. The highest BCUT2D eigenvalue weighted by molar-refractivity contribution is 5.64. The first-order valence-electron chi connectivity index (χ1n) is 43.7. The molecular weight excluding hydrogens is 1550 g/mol. The van der Waals surface area contributed by atoms with Crippen LogP contribution in [0.1, 0.15) is 210 Å². The quantitative estimate of drug-likeness (QED) is 0.0404. The summed E-state index contributed by atoms with van der Waals surface area (Å²) in [6.07, 6.45) is 19.0. The molecule has 12 nitrogen and oxygen atoms in total. The summed E-state index contributed by atoms with van der Waals surface area (Å²) in [6, 6.07) is 90.8. The number of para-hydroxylation sites is 2. The Balaban J connectivity index is 0.000000683. The van der Waals surface area contributed by atoms with Gasteiger partial charge < -0.3 is 61.3 Å². The zero-order valence-corrected chi connectivity index (χ0v) is 78.1. The van der Waals surface area contributed by atoms with Gasteiger partial charge in [-0.2, -0.15) is 0 Å². The maximum atomic E-state index is 9.29. The largest absolute Gasteiger partial charge is 0.508 e. The number of hydrogen-bond acceptors (Lipinski definition) is 12. The average Bonchev–Trinajstić information content (AvgIpc) is 0.826. The van der Waals surface area contributed by atoms with Crippen molar-refractivity contribution in [2.45, 2.75) is 227 Å². The van der Waals surface area contributed by atoms with Crippen LogP contribution in [0.15, 0.2) is 297 Å². The van der Waals surface area contributed by atoms with Crippen molar-refractivity contribution in [1.82, 2.24) is 0 Å². The maximum absolute atomic E-state index is 9.29. The lowest BCUT2D eigenvalue weighted by atomic mass is 9.82. The van der Waals surface area contributed by atoms with Gasteiger partial charge in [-0.05, 0) is 331 Å². The lowest BCUT2D eigenvalue weighted by molar-refractivity contribution is 0.466. The van der Waals surface area contributed by atoms with E-state index in [1.807, 2.05) is 209 Å². The van der Waals surface area contributed by atoms with Crippen molar-refractivity contribution in [1.29, 1.82) is 0 Å². The van der Waals surface area contributed by atoms with Gasteiger partial charge in [-0.15, -0.1) is 0 Å². The summed E-state index contributed by atoms with van der Waals surface area (Å²) in [4.78, 5) is 0. The van der Waals surface area contributed by atoms with E-state index in [-0.39, 0.29) is 5.41 Å². The van der Waals surface area contributed by atoms with Crippen LogP contribution in [-0.4, -0.2) is 61.3 Å². The summed E-state index contributed by atoms with van der Waals surface area (Å²) in [6.45, 7) is 39.2. The fourth-order valence-electron chi connectivity index (χ4n) is 11.0. The van der Waals surface area contributed by atoms with E-state index in [1.54, 1.807) is 133 Å². The molecule has 0 atom stereocenters. The van der Waals surface area contributed by atoms with Crippen molar-refractivity contribution in [2.75, 3.05) is 0 Å². The molecule has 0 fully saturated rings. The van der Waals surface area contributed by atoms with E-state index in [0.717, 1.165) is 83.0 Å².